The van der Waals surface area contributed by atoms with Gasteiger partial charge in [0.15, 0.2) is 0 Å². The smallest absolute Gasteiger partial charge is 0.258 e. The van der Waals surface area contributed by atoms with E-state index >= 15 is 0 Å². The van der Waals surface area contributed by atoms with E-state index in [1.54, 1.807) is 12.4 Å². The molecule has 1 aromatic heterocycles. The van der Waals surface area contributed by atoms with Gasteiger partial charge in [-0.3, -0.25) is 4.79 Å². The van der Waals surface area contributed by atoms with Gasteiger partial charge >= 0.3 is 0 Å². The summed E-state index contributed by atoms with van der Waals surface area (Å²) >= 11 is 0. The highest BCUT2D eigenvalue weighted by Gasteiger charge is 2.16. The molecule has 0 unspecified atom stereocenters. The molecule has 6 heteroatoms. The average molecular weight is 382 g/mol. The van der Waals surface area contributed by atoms with Gasteiger partial charge in [-0.05, 0) is 55.4 Å². The molecule has 1 aliphatic heterocycles. The quantitative estimate of drug-likeness (QED) is 0.743. The summed E-state index contributed by atoms with van der Waals surface area (Å²) in [4.78, 5) is 23.3. The molecule has 2 heterocycles. The van der Waals surface area contributed by atoms with Crippen molar-refractivity contribution < 1.29 is 4.79 Å². The van der Waals surface area contributed by atoms with E-state index in [2.05, 4.69) is 58.4 Å². The molecule has 0 bridgehead atoms. The van der Waals surface area contributed by atoms with Crippen molar-refractivity contribution in [2.45, 2.75) is 40.0 Å². The Balaban J connectivity index is 1.52. The fraction of sp³-hybridized carbons (Fsp3) is 0.500. The van der Waals surface area contributed by atoms with Gasteiger partial charge in [0.1, 0.15) is 0 Å². The van der Waals surface area contributed by atoms with Crippen molar-refractivity contribution in [1.29, 1.82) is 0 Å². The van der Waals surface area contributed by atoms with Crippen LogP contribution in [-0.2, 0) is 0 Å². The average Bonchev–Trinajstić information content (AvgIpc) is 2.69. The molecule has 150 valence electrons. The van der Waals surface area contributed by atoms with Crippen LogP contribution < -0.4 is 15.5 Å². The van der Waals surface area contributed by atoms with Crippen LogP contribution in [-0.4, -0.2) is 35.5 Å². The molecule has 6 nitrogen and oxygen atoms in total. The lowest BCUT2D eigenvalue weighted by Crippen LogP contribution is -2.32. The molecule has 1 aromatic carbocycles. The molecule has 1 amide bonds. The number of piperidine rings is 1. The molecule has 1 aliphatic rings. The molecule has 2 N–H and O–H groups in total. The maximum Gasteiger partial charge on any atom is 0.258 e. The van der Waals surface area contributed by atoms with Crippen LogP contribution in [0.3, 0.4) is 0 Å². The molecule has 0 saturated carbocycles. The van der Waals surface area contributed by atoms with E-state index in [-0.39, 0.29) is 5.91 Å². The number of amides is 1. The van der Waals surface area contributed by atoms with Crippen LogP contribution in [0.5, 0.6) is 0 Å². The molecule has 3 rings (SSSR count). The monoisotopic (exact) mass is 381 g/mol. The first-order chi connectivity index (χ1) is 13.5. The number of hydrogen-bond donors (Lipinski definition) is 2. The molecular formula is C22H31N5O. The molecule has 0 atom stereocenters. The van der Waals surface area contributed by atoms with Gasteiger partial charge in [-0.15, -0.1) is 0 Å². The normalized spacial score (nSPS) is 14.9. The second-order valence-electron chi connectivity index (χ2n) is 8.08. The number of nitrogens with one attached hydrogen (secondary N) is 2. The van der Waals surface area contributed by atoms with Gasteiger partial charge in [0.25, 0.3) is 5.91 Å². The van der Waals surface area contributed by atoms with Gasteiger partial charge in [-0.25, -0.2) is 9.97 Å². The van der Waals surface area contributed by atoms with E-state index in [4.69, 9.17) is 0 Å². The van der Waals surface area contributed by atoms with Crippen molar-refractivity contribution in [2.24, 2.45) is 11.8 Å². The molecular weight excluding hydrogens is 350 g/mol. The minimum atomic E-state index is -0.201. The van der Waals surface area contributed by atoms with E-state index in [0.29, 0.717) is 17.4 Å². The summed E-state index contributed by atoms with van der Waals surface area (Å²) in [5.41, 5.74) is 2.44. The largest absolute Gasteiger partial charge is 0.372 e. The molecule has 1 fully saturated rings. The minimum Gasteiger partial charge on any atom is -0.372 e. The number of rotatable bonds is 7. The Bertz CT molecular complexity index is 750. The lowest BCUT2D eigenvalue weighted by atomic mass is 9.99. The Morgan fingerprint density at radius 2 is 1.79 bits per heavy atom. The summed E-state index contributed by atoms with van der Waals surface area (Å²) in [6, 6.07) is 8.05. The number of carbonyl (C=O) groups is 1. The number of aromatic nitrogens is 2. The van der Waals surface area contributed by atoms with Crippen LogP contribution in [0.15, 0.2) is 36.7 Å². The van der Waals surface area contributed by atoms with Gasteiger partial charge in [-0.1, -0.05) is 20.8 Å². The first kappa shape index (κ1) is 20.1. The third-order valence-electron chi connectivity index (χ3n) is 5.19. The molecule has 1 saturated heterocycles. The van der Waals surface area contributed by atoms with Gasteiger partial charge in [0, 0.05) is 43.4 Å². The lowest BCUT2D eigenvalue weighted by molar-refractivity contribution is 0.102. The molecule has 0 aliphatic carbocycles. The number of nitrogens with zero attached hydrogens (tertiary/aromatic N) is 3. The first-order valence-corrected chi connectivity index (χ1v) is 10.2. The fourth-order valence-corrected chi connectivity index (χ4v) is 3.23. The SMILES string of the molecule is CC(C)CCNc1ncc(C(=O)Nc2ccc(N3CCC(C)CC3)cc2)cn1. The third kappa shape index (κ3) is 5.68. The fourth-order valence-electron chi connectivity index (χ4n) is 3.23. The molecule has 28 heavy (non-hydrogen) atoms. The summed E-state index contributed by atoms with van der Waals surface area (Å²) in [6.45, 7) is 9.69. The summed E-state index contributed by atoms with van der Waals surface area (Å²) in [5.74, 6) is 1.79. The topological polar surface area (TPSA) is 70.2 Å². The van der Waals surface area contributed by atoms with E-state index in [1.165, 1.54) is 18.5 Å². The lowest BCUT2D eigenvalue weighted by Gasteiger charge is -2.32. The van der Waals surface area contributed by atoms with Crippen LogP contribution in [0.4, 0.5) is 17.3 Å². The Morgan fingerprint density at radius 1 is 1.14 bits per heavy atom. The Morgan fingerprint density at radius 3 is 2.39 bits per heavy atom. The zero-order valence-electron chi connectivity index (χ0n) is 17.1. The van der Waals surface area contributed by atoms with E-state index in [9.17, 15) is 4.79 Å². The molecule has 2 aromatic rings. The van der Waals surface area contributed by atoms with Crippen molar-refractivity contribution >= 4 is 23.2 Å². The van der Waals surface area contributed by atoms with Crippen molar-refractivity contribution in [3.8, 4) is 0 Å². The Hall–Kier alpha value is -2.63. The van der Waals surface area contributed by atoms with E-state index in [0.717, 1.165) is 37.7 Å². The second-order valence-corrected chi connectivity index (χ2v) is 8.08. The summed E-state index contributed by atoms with van der Waals surface area (Å²) in [6.07, 6.45) is 6.65. The maximum atomic E-state index is 12.4. The third-order valence-corrected chi connectivity index (χ3v) is 5.19. The molecule has 0 radical (unpaired) electrons. The van der Waals surface area contributed by atoms with Crippen molar-refractivity contribution in [2.75, 3.05) is 35.2 Å². The van der Waals surface area contributed by atoms with Crippen LogP contribution in [0.25, 0.3) is 0 Å². The highest BCUT2D eigenvalue weighted by atomic mass is 16.1. The Labute approximate surface area is 167 Å². The standard InChI is InChI=1S/C22H31N5O/c1-16(2)8-11-23-22-24-14-18(15-25-22)21(28)26-19-4-6-20(7-5-19)27-12-9-17(3)10-13-27/h4-7,14-17H,8-13H2,1-3H3,(H,26,28)(H,23,24,25). The number of anilines is 3. The predicted octanol–water partition coefficient (Wildman–Crippen LogP) is 4.42. The van der Waals surface area contributed by atoms with Crippen LogP contribution in [0.1, 0.15) is 50.4 Å². The van der Waals surface area contributed by atoms with Gasteiger partial charge in [-0.2, -0.15) is 0 Å². The summed E-state index contributed by atoms with van der Waals surface area (Å²) < 4.78 is 0. The zero-order chi connectivity index (χ0) is 19.9. The van der Waals surface area contributed by atoms with Gasteiger partial charge in [0.05, 0.1) is 5.56 Å². The summed E-state index contributed by atoms with van der Waals surface area (Å²) in [5, 5.41) is 6.09. The van der Waals surface area contributed by atoms with Crippen LogP contribution in [0.2, 0.25) is 0 Å². The van der Waals surface area contributed by atoms with Crippen molar-refractivity contribution in [1.82, 2.24) is 9.97 Å². The predicted molar refractivity (Wildman–Crippen MR) is 115 cm³/mol. The molecule has 0 spiro atoms. The van der Waals surface area contributed by atoms with E-state index in [1.807, 2.05) is 12.1 Å². The second kappa shape index (κ2) is 9.53. The van der Waals surface area contributed by atoms with Crippen molar-refractivity contribution in [3.05, 3.63) is 42.2 Å². The maximum absolute atomic E-state index is 12.4. The summed E-state index contributed by atoms with van der Waals surface area (Å²) in [7, 11) is 0. The first-order valence-electron chi connectivity index (χ1n) is 10.2. The number of benzene rings is 1. The highest BCUT2D eigenvalue weighted by Crippen LogP contribution is 2.24. The number of carbonyl (C=O) groups excluding carboxylic acids is 1. The Kier molecular flexibility index (Phi) is 6.85. The van der Waals surface area contributed by atoms with Gasteiger partial charge in [0.2, 0.25) is 5.95 Å². The van der Waals surface area contributed by atoms with Crippen molar-refractivity contribution in [3.63, 3.8) is 0 Å². The van der Waals surface area contributed by atoms with Crippen LogP contribution in [0, 0.1) is 11.8 Å². The minimum absolute atomic E-state index is 0.201. The van der Waals surface area contributed by atoms with Crippen LogP contribution >= 0.6 is 0 Å². The highest BCUT2D eigenvalue weighted by molar-refractivity contribution is 6.03. The van der Waals surface area contributed by atoms with Gasteiger partial charge < -0.3 is 15.5 Å². The number of hydrogen-bond acceptors (Lipinski definition) is 5. The van der Waals surface area contributed by atoms with E-state index < -0.39 is 0 Å². The zero-order valence-corrected chi connectivity index (χ0v) is 17.1.